The molecular weight excluding hydrogens is 204 g/mol. The van der Waals surface area contributed by atoms with Crippen LogP contribution in [0.1, 0.15) is 5.56 Å². The number of benzene rings is 1. The molecule has 1 unspecified atom stereocenters. The van der Waals surface area contributed by atoms with Crippen molar-refractivity contribution in [3.63, 3.8) is 0 Å². The highest BCUT2D eigenvalue weighted by atomic mass is 16.5. The minimum atomic E-state index is -0.778. The molecule has 0 aromatic heterocycles. The summed E-state index contributed by atoms with van der Waals surface area (Å²) in [5.74, 6) is -0.950. The van der Waals surface area contributed by atoms with Crippen LogP contribution in [0.3, 0.4) is 0 Å². The molecule has 0 saturated carbocycles. The van der Waals surface area contributed by atoms with Crippen molar-refractivity contribution in [3.05, 3.63) is 48.1 Å². The van der Waals surface area contributed by atoms with Gasteiger partial charge in [-0.1, -0.05) is 30.4 Å². The predicted octanol–water partition coefficient (Wildman–Crippen LogP) is 1.74. The summed E-state index contributed by atoms with van der Waals surface area (Å²) in [7, 11) is 0. The van der Waals surface area contributed by atoms with Gasteiger partial charge in [-0.05, 0) is 17.7 Å². The molecule has 0 fully saturated rings. The Kier molecular flexibility index (Phi) is 1.80. The largest absolute Gasteiger partial charge is 0.425 e. The van der Waals surface area contributed by atoms with E-state index in [-0.39, 0.29) is 5.78 Å². The highest BCUT2D eigenvalue weighted by Crippen LogP contribution is 2.38. The second kappa shape index (κ2) is 3.17. The molecule has 0 saturated heterocycles. The van der Waals surface area contributed by atoms with Crippen LogP contribution in [0.4, 0.5) is 0 Å². The van der Waals surface area contributed by atoms with Crippen LogP contribution in [0.25, 0.3) is 5.57 Å². The second-order valence-electron chi connectivity index (χ2n) is 3.73. The van der Waals surface area contributed by atoms with E-state index < -0.39 is 11.9 Å². The number of ketones is 1. The van der Waals surface area contributed by atoms with Gasteiger partial charge in [0, 0.05) is 5.56 Å². The lowest BCUT2D eigenvalue weighted by Gasteiger charge is -2.25. The van der Waals surface area contributed by atoms with Crippen molar-refractivity contribution in [2.75, 3.05) is 0 Å². The third kappa shape index (κ3) is 1.15. The smallest absolute Gasteiger partial charge is 0.326 e. The molecule has 3 heteroatoms. The van der Waals surface area contributed by atoms with Gasteiger partial charge in [0.05, 0.1) is 0 Å². The van der Waals surface area contributed by atoms with Gasteiger partial charge in [-0.15, -0.1) is 0 Å². The van der Waals surface area contributed by atoms with Crippen molar-refractivity contribution in [1.82, 2.24) is 0 Å². The van der Waals surface area contributed by atoms with Crippen LogP contribution < -0.4 is 4.74 Å². The lowest BCUT2D eigenvalue weighted by atomic mass is 9.84. The number of esters is 1. The second-order valence-corrected chi connectivity index (χ2v) is 3.73. The van der Waals surface area contributed by atoms with Crippen molar-refractivity contribution in [2.24, 2.45) is 5.92 Å². The molecule has 1 atom stereocenters. The Morgan fingerprint density at radius 3 is 2.81 bits per heavy atom. The number of hydrogen-bond donors (Lipinski definition) is 0. The van der Waals surface area contributed by atoms with E-state index in [2.05, 4.69) is 0 Å². The first-order chi connectivity index (χ1) is 7.77. The zero-order valence-corrected chi connectivity index (χ0v) is 8.34. The molecule has 1 aliphatic carbocycles. The number of fused-ring (bicyclic) bond motifs is 3. The minimum absolute atomic E-state index is 0.211. The Morgan fingerprint density at radius 2 is 1.94 bits per heavy atom. The van der Waals surface area contributed by atoms with Gasteiger partial charge in [-0.25, -0.2) is 0 Å². The molecule has 3 nitrogen and oxygen atoms in total. The summed E-state index contributed by atoms with van der Waals surface area (Å²) in [6, 6.07) is 7.24. The molecule has 0 spiro atoms. The van der Waals surface area contributed by atoms with Gasteiger partial charge in [0.15, 0.2) is 5.78 Å². The monoisotopic (exact) mass is 212 g/mol. The Hall–Kier alpha value is -2.16. The fourth-order valence-electron chi connectivity index (χ4n) is 2.04. The molecule has 0 bridgehead atoms. The molecule has 1 aromatic rings. The fraction of sp³-hybridized carbons (Fsp3) is 0.0769. The quantitative estimate of drug-likeness (QED) is 0.374. The van der Waals surface area contributed by atoms with Gasteiger partial charge in [-0.3, -0.25) is 9.59 Å². The maximum absolute atomic E-state index is 11.7. The Bertz CT molecular complexity index is 552. The summed E-state index contributed by atoms with van der Waals surface area (Å²) in [5, 5.41) is 0. The highest BCUT2D eigenvalue weighted by molar-refractivity contribution is 6.17. The topological polar surface area (TPSA) is 43.4 Å². The lowest BCUT2D eigenvalue weighted by molar-refractivity contribution is -0.140. The van der Waals surface area contributed by atoms with E-state index in [9.17, 15) is 9.59 Å². The minimum Gasteiger partial charge on any atom is -0.425 e. The van der Waals surface area contributed by atoms with E-state index in [1.54, 1.807) is 24.3 Å². The van der Waals surface area contributed by atoms with Crippen molar-refractivity contribution >= 4 is 17.3 Å². The number of rotatable bonds is 0. The molecule has 0 N–H and O–H groups in total. The van der Waals surface area contributed by atoms with Crippen molar-refractivity contribution in [2.45, 2.75) is 0 Å². The average molecular weight is 212 g/mol. The van der Waals surface area contributed by atoms with Crippen LogP contribution in [0.5, 0.6) is 5.75 Å². The van der Waals surface area contributed by atoms with Gasteiger partial charge in [-0.2, -0.15) is 0 Å². The summed E-state index contributed by atoms with van der Waals surface area (Å²) in [6.07, 6.45) is 4.87. The molecule has 0 radical (unpaired) electrons. The summed E-state index contributed by atoms with van der Waals surface area (Å²) in [5.41, 5.74) is 1.56. The summed E-state index contributed by atoms with van der Waals surface area (Å²) >= 11 is 0. The number of para-hydroxylation sites is 1. The first-order valence-corrected chi connectivity index (χ1v) is 5.00. The summed E-state index contributed by atoms with van der Waals surface area (Å²) in [6.45, 7) is 0. The Labute approximate surface area is 92.0 Å². The van der Waals surface area contributed by atoms with Gasteiger partial charge in [0.25, 0.3) is 0 Å². The Morgan fingerprint density at radius 1 is 1.12 bits per heavy atom. The van der Waals surface area contributed by atoms with Crippen LogP contribution in [0, 0.1) is 5.92 Å². The van der Waals surface area contributed by atoms with Gasteiger partial charge < -0.3 is 4.74 Å². The third-order valence-electron chi connectivity index (χ3n) is 2.78. The molecule has 3 rings (SSSR count). The molecule has 2 aliphatic rings. The van der Waals surface area contributed by atoms with Gasteiger partial charge in [0.2, 0.25) is 0 Å². The Balaban J connectivity index is 2.24. The first-order valence-electron chi connectivity index (χ1n) is 5.00. The van der Waals surface area contributed by atoms with E-state index in [1.165, 1.54) is 6.08 Å². The summed E-state index contributed by atoms with van der Waals surface area (Å²) in [4.78, 5) is 23.3. The lowest BCUT2D eigenvalue weighted by Crippen LogP contribution is -2.33. The number of ether oxygens (including phenoxy) is 1. The molecule has 1 heterocycles. The number of carbonyl (C=O) groups excluding carboxylic acids is 2. The SMILES string of the molecule is O=C1C=CC=C2c3ccccc3OC(=O)C12. The third-order valence-corrected chi connectivity index (χ3v) is 2.78. The molecule has 0 amide bonds. The van der Waals surface area contributed by atoms with Crippen LogP contribution in [0.2, 0.25) is 0 Å². The predicted molar refractivity (Wildman–Crippen MR) is 57.7 cm³/mol. The maximum Gasteiger partial charge on any atom is 0.326 e. The van der Waals surface area contributed by atoms with Crippen LogP contribution in [-0.2, 0) is 9.59 Å². The first kappa shape index (κ1) is 9.09. The van der Waals surface area contributed by atoms with Crippen molar-refractivity contribution < 1.29 is 14.3 Å². The molecule has 1 aromatic carbocycles. The maximum atomic E-state index is 11.7. The molecule has 1 aliphatic heterocycles. The molecule has 16 heavy (non-hydrogen) atoms. The number of hydrogen-bond acceptors (Lipinski definition) is 3. The van der Waals surface area contributed by atoms with Crippen molar-refractivity contribution in [1.29, 1.82) is 0 Å². The average Bonchev–Trinajstić information content (AvgIpc) is 2.29. The van der Waals surface area contributed by atoms with E-state index in [0.717, 1.165) is 11.1 Å². The van der Waals surface area contributed by atoms with E-state index in [4.69, 9.17) is 4.74 Å². The van der Waals surface area contributed by atoms with Gasteiger partial charge in [0.1, 0.15) is 11.7 Å². The van der Waals surface area contributed by atoms with Crippen molar-refractivity contribution in [3.8, 4) is 5.75 Å². The highest BCUT2D eigenvalue weighted by Gasteiger charge is 2.37. The van der Waals surface area contributed by atoms with E-state index >= 15 is 0 Å². The van der Waals surface area contributed by atoms with Crippen LogP contribution in [-0.4, -0.2) is 11.8 Å². The number of carbonyl (C=O) groups is 2. The van der Waals surface area contributed by atoms with E-state index in [1.807, 2.05) is 12.1 Å². The zero-order chi connectivity index (χ0) is 11.1. The number of allylic oxidation sites excluding steroid dienone is 3. The van der Waals surface area contributed by atoms with Gasteiger partial charge >= 0.3 is 5.97 Å². The fourth-order valence-corrected chi connectivity index (χ4v) is 2.04. The van der Waals surface area contributed by atoms with Crippen LogP contribution in [0.15, 0.2) is 42.5 Å². The summed E-state index contributed by atoms with van der Waals surface area (Å²) < 4.78 is 5.14. The van der Waals surface area contributed by atoms with E-state index in [0.29, 0.717) is 5.75 Å². The zero-order valence-electron chi connectivity index (χ0n) is 8.34. The standard InChI is InChI=1S/C13H8O3/c14-10-6-3-5-9-8-4-1-2-7-11(8)16-13(15)12(9)10/h1-7,12H. The normalized spacial score (nSPS) is 22.0. The molecular formula is C13H8O3. The van der Waals surface area contributed by atoms with Crippen LogP contribution >= 0.6 is 0 Å². The molecule has 78 valence electrons.